The van der Waals surface area contributed by atoms with E-state index in [0.29, 0.717) is 13.0 Å². The van der Waals surface area contributed by atoms with E-state index < -0.39 is 5.41 Å². The lowest BCUT2D eigenvalue weighted by atomic mass is 9.85. The zero-order valence-corrected chi connectivity index (χ0v) is 11.7. The quantitative estimate of drug-likeness (QED) is 0.869. The first-order chi connectivity index (χ1) is 8.95. The highest BCUT2D eigenvalue weighted by Crippen LogP contribution is 2.37. The van der Waals surface area contributed by atoms with Gasteiger partial charge < -0.3 is 10.6 Å². The van der Waals surface area contributed by atoms with Gasteiger partial charge in [-0.05, 0) is 37.5 Å². The number of hydrogen-bond acceptors (Lipinski definition) is 2. The first-order valence-corrected chi connectivity index (χ1v) is 6.66. The molecule has 0 aliphatic carbocycles. The Balaban J connectivity index is 2.08. The molecule has 0 bridgehead atoms. The van der Waals surface area contributed by atoms with Crippen LogP contribution >= 0.6 is 0 Å². The van der Waals surface area contributed by atoms with E-state index in [2.05, 4.69) is 16.7 Å². The summed E-state index contributed by atoms with van der Waals surface area (Å²) in [6.07, 6.45) is 1.29. The topological polar surface area (TPSA) is 58.2 Å². The number of carbonyl (C=O) groups excluding carboxylic acids is 2. The molecule has 0 aromatic heterocycles. The van der Waals surface area contributed by atoms with E-state index in [9.17, 15) is 9.59 Å². The maximum absolute atomic E-state index is 11.8. The second-order valence-corrected chi connectivity index (χ2v) is 5.41. The summed E-state index contributed by atoms with van der Waals surface area (Å²) < 4.78 is 0. The molecule has 0 spiro atoms. The van der Waals surface area contributed by atoms with Gasteiger partial charge in [0.2, 0.25) is 11.8 Å². The molecule has 0 saturated carbocycles. The zero-order valence-electron chi connectivity index (χ0n) is 11.7. The van der Waals surface area contributed by atoms with Crippen LogP contribution in [0.1, 0.15) is 38.3 Å². The Morgan fingerprint density at radius 1 is 1.37 bits per heavy atom. The fraction of sp³-hybridized carbons (Fsp3) is 0.467. The molecule has 1 heterocycles. The third-order valence-electron chi connectivity index (χ3n) is 3.63. The Kier molecular flexibility index (Phi) is 3.60. The summed E-state index contributed by atoms with van der Waals surface area (Å²) in [5.41, 5.74) is 2.60. The number of anilines is 1. The molecule has 2 amide bonds. The maximum atomic E-state index is 11.8. The Labute approximate surface area is 113 Å². The van der Waals surface area contributed by atoms with E-state index in [4.69, 9.17) is 0 Å². The van der Waals surface area contributed by atoms with Crippen LogP contribution in [0.5, 0.6) is 0 Å². The fourth-order valence-corrected chi connectivity index (χ4v) is 2.25. The molecular weight excluding hydrogens is 240 g/mol. The molecule has 1 aromatic carbocycles. The molecular formula is C15H20N2O2. The first-order valence-electron chi connectivity index (χ1n) is 6.66. The first kappa shape index (κ1) is 13.6. The molecule has 0 radical (unpaired) electrons. The molecule has 0 fully saturated rings. The molecule has 19 heavy (non-hydrogen) atoms. The molecule has 102 valence electrons. The molecule has 1 aliphatic rings. The van der Waals surface area contributed by atoms with Gasteiger partial charge in [0.1, 0.15) is 0 Å². The summed E-state index contributed by atoms with van der Waals surface area (Å²) >= 11 is 0. The predicted molar refractivity (Wildman–Crippen MR) is 75.1 cm³/mol. The highest BCUT2D eigenvalue weighted by Gasteiger charge is 2.38. The van der Waals surface area contributed by atoms with Gasteiger partial charge in [-0.3, -0.25) is 9.59 Å². The molecule has 0 saturated heterocycles. The van der Waals surface area contributed by atoms with Crippen molar-refractivity contribution in [2.75, 3.05) is 11.9 Å². The summed E-state index contributed by atoms with van der Waals surface area (Å²) in [6, 6.07) is 6.00. The molecule has 0 atom stereocenters. The largest absolute Gasteiger partial charge is 0.356 e. The van der Waals surface area contributed by atoms with Crippen molar-refractivity contribution >= 4 is 17.5 Å². The van der Waals surface area contributed by atoms with Crippen LogP contribution < -0.4 is 10.6 Å². The van der Waals surface area contributed by atoms with Crippen molar-refractivity contribution in [2.24, 2.45) is 0 Å². The van der Waals surface area contributed by atoms with Gasteiger partial charge in [-0.2, -0.15) is 0 Å². The van der Waals surface area contributed by atoms with E-state index in [0.717, 1.165) is 23.2 Å². The summed E-state index contributed by atoms with van der Waals surface area (Å²) in [5, 5.41) is 5.75. The van der Waals surface area contributed by atoms with Crippen molar-refractivity contribution in [1.29, 1.82) is 0 Å². The molecule has 2 N–H and O–H groups in total. The van der Waals surface area contributed by atoms with Gasteiger partial charge in [0.05, 0.1) is 5.41 Å². The Morgan fingerprint density at radius 2 is 2.11 bits per heavy atom. The van der Waals surface area contributed by atoms with Crippen LogP contribution in [0.2, 0.25) is 0 Å². The second-order valence-electron chi connectivity index (χ2n) is 5.41. The summed E-state index contributed by atoms with van der Waals surface area (Å²) in [4.78, 5) is 23.0. The lowest BCUT2D eigenvalue weighted by molar-refractivity contribution is -0.121. The lowest BCUT2D eigenvalue weighted by Gasteiger charge is -2.15. The fourth-order valence-electron chi connectivity index (χ4n) is 2.25. The highest BCUT2D eigenvalue weighted by molar-refractivity contribution is 6.05. The lowest BCUT2D eigenvalue weighted by Crippen LogP contribution is -2.27. The number of fused-ring (bicyclic) bond motifs is 1. The van der Waals surface area contributed by atoms with Crippen LogP contribution in [-0.4, -0.2) is 18.4 Å². The third-order valence-corrected chi connectivity index (χ3v) is 3.63. The van der Waals surface area contributed by atoms with E-state index in [1.807, 2.05) is 32.9 Å². The van der Waals surface area contributed by atoms with Gasteiger partial charge in [-0.1, -0.05) is 19.1 Å². The monoisotopic (exact) mass is 260 g/mol. The number of carbonyl (C=O) groups is 2. The molecule has 4 nitrogen and oxygen atoms in total. The SMILES string of the molecule is CCC(=O)NCCc1ccc2c(c1)C(C)(C)C(=O)N2. The van der Waals surface area contributed by atoms with Gasteiger partial charge >= 0.3 is 0 Å². The third kappa shape index (κ3) is 2.62. The number of benzene rings is 1. The van der Waals surface area contributed by atoms with Crippen LogP contribution in [0.4, 0.5) is 5.69 Å². The zero-order chi connectivity index (χ0) is 14.0. The minimum absolute atomic E-state index is 0.0407. The Bertz CT molecular complexity index is 521. The molecule has 2 rings (SSSR count). The van der Waals surface area contributed by atoms with Gasteiger partial charge in [0.25, 0.3) is 0 Å². The van der Waals surface area contributed by atoms with Crippen LogP contribution in [0, 0.1) is 0 Å². The van der Waals surface area contributed by atoms with Crippen LogP contribution in [-0.2, 0) is 21.4 Å². The van der Waals surface area contributed by atoms with Gasteiger partial charge in [-0.15, -0.1) is 0 Å². The standard InChI is InChI=1S/C15H20N2O2/c1-4-13(18)16-8-7-10-5-6-12-11(9-10)15(2,3)14(19)17-12/h5-6,9H,4,7-8H2,1-3H3,(H,16,18)(H,17,19). The molecule has 1 aliphatic heterocycles. The van der Waals surface area contributed by atoms with E-state index >= 15 is 0 Å². The van der Waals surface area contributed by atoms with Crippen molar-refractivity contribution in [3.63, 3.8) is 0 Å². The highest BCUT2D eigenvalue weighted by atomic mass is 16.2. The number of amides is 2. The Hall–Kier alpha value is -1.84. The summed E-state index contributed by atoms with van der Waals surface area (Å²) in [5.74, 6) is 0.109. The van der Waals surface area contributed by atoms with Crippen molar-refractivity contribution in [3.05, 3.63) is 29.3 Å². The minimum atomic E-state index is -0.474. The van der Waals surface area contributed by atoms with Gasteiger partial charge in [-0.25, -0.2) is 0 Å². The molecule has 1 aromatic rings. The average Bonchev–Trinajstić information content (AvgIpc) is 2.60. The van der Waals surface area contributed by atoms with Gasteiger partial charge in [0, 0.05) is 18.7 Å². The van der Waals surface area contributed by atoms with E-state index in [1.54, 1.807) is 0 Å². The molecule has 0 unspecified atom stereocenters. The van der Waals surface area contributed by atoms with Crippen molar-refractivity contribution in [2.45, 2.75) is 39.0 Å². The second kappa shape index (κ2) is 5.03. The minimum Gasteiger partial charge on any atom is -0.356 e. The van der Waals surface area contributed by atoms with E-state index in [-0.39, 0.29) is 11.8 Å². The van der Waals surface area contributed by atoms with E-state index in [1.165, 1.54) is 0 Å². The van der Waals surface area contributed by atoms with Crippen LogP contribution in [0.15, 0.2) is 18.2 Å². The normalized spacial score (nSPS) is 15.8. The Morgan fingerprint density at radius 3 is 2.79 bits per heavy atom. The number of hydrogen-bond donors (Lipinski definition) is 2. The van der Waals surface area contributed by atoms with Crippen molar-refractivity contribution < 1.29 is 9.59 Å². The van der Waals surface area contributed by atoms with Gasteiger partial charge in [0.15, 0.2) is 0 Å². The smallest absolute Gasteiger partial charge is 0.234 e. The van der Waals surface area contributed by atoms with Crippen LogP contribution in [0.25, 0.3) is 0 Å². The van der Waals surface area contributed by atoms with Crippen LogP contribution in [0.3, 0.4) is 0 Å². The summed E-state index contributed by atoms with van der Waals surface area (Å²) in [7, 11) is 0. The number of rotatable bonds is 4. The summed E-state index contributed by atoms with van der Waals surface area (Å²) in [6.45, 7) is 6.32. The van der Waals surface area contributed by atoms with Crippen molar-refractivity contribution in [3.8, 4) is 0 Å². The number of nitrogens with one attached hydrogen (secondary N) is 2. The van der Waals surface area contributed by atoms with Crippen molar-refractivity contribution in [1.82, 2.24) is 5.32 Å². The average molecular weight is 260 g/mol. The maximum Gasteiger partial charge on any atom is 0.234 e. The molecule has 4 heteroatoms. The predicted octanol–water partition coefficient (Wildman–Crippen LogP) is 1.98.